The smallest absolute Gasteiger partial charge is 0.107 e. The van der Waals surface area contributed by atoms with E-state index in [2.05, 4.69) is 18.4 Å². The van der Waals surface area contributed by atoms with Gasteiger partial charge in [0.1, 0.15) is 6.10 Å². The second kappa shape index (κ2) is 7.55. The van der Waals surface area contributed by atoms with Crippen molar-refractivity contribution in [3.63, 3.8) is 0 Å². The Bertz CT molecular complexity index is 400. The zero-order chi connectivity index (χ0) is 13.7. The third-order valence-electron chi connectivity index (χ3n) is 3.13. The Kier molecular flexibility index (Phi) is 6.04. The molecule has 1 aromatic carbocycles. The van der Waals surface area contributed by atoms with E-state index in [1.165, 1.54) is 9.79 Å². The van der Waals surface area contributed by atoms with Gasteiger partial charge in [-0.25, -0.2) is 0 Å². The number of rotatable bonds is 6. The molecule has 0 radical (unpaired) electrons. The van der Waals surface area contributed by atoms with Gasteiger partial charge in [0.2, 0.25) is 0 Å². The molecule has 1 fully saturated rings. The van der Waals surface area contributed by atoms with Crippen molar-refractivity contribution in [1.82, 2.24) is 0 Å². The summed E-state index contributed by atoms with van der Waals surface area (Å²) in [7, 11) is 0. The Labute approximate surface area is 123 Å². The van der Waals surface area contributed by atoms with Crippen LogP contribution < -0.4 is 0 Å². The predicted octanol–water partition coefficient (Wildman–Crippen LogP) is 3.01. The molecular formula is C14H20O3S2. The molecule has 0 aromatic heterocycles. The van der Waals surface area contributed by atoms with Crippen molar-refractivity contribution in [3.05, 3.63) is 24.3 Å². The first kappa shape index (κ1) is 15.2. The summed E-state index contributed by atoms with van der Waals surface area (Å²) in [5, 5.41) is 9.24. The number of aliphatic hydroxyl groups excluding tert-OH is 1. The molecule has 1 saturated heterocycles. The summed E-state index contributed by atoms with van der Waals surface area (Å²) in [5.74, 6) is 0.592. The molecule has 1 aliphatic rings. The van der Waals surface area contributed by atoms with Gasteiger partial charge < -0.3 is 14.6 Å². The Morgan fingerprint density at radius 1 is 1.37 bits per heavy atom. The molecule has 0 bridgehead atoms. The summed E-state index contributed by atoms with van der Waals surface area (Å²) < 4.78 is 11.4. The van der Waals surface area contributed by atoms with E-state index in [9.17, 15) is 5.11 Å². The van der Waals surface area contributed by atoms with Gasteiger partial charge >= 0.3 is 0 Å². The van der Waals surface area contributed by atoms with Gasteiger partial charge in [-0.2, -0.15) is 0 Å². The van der Waals surface area contributed by atoms with Gasteiger partial charge in [-0.1, -0.05) is 23.9 Å². The summed E-state index contributed by atoms with van der Waals surface area (Å²) in [6.45, 7) is 2.04. The van der Waals surface area contributed by atoms with Gasteiger partial charge in [0.05, 0.1) is 24.8 Å². The highest BCUT2D eigenvalue weighted by Crippen LogP contribution is 2.31. The molecule has 19 heavy (non-hydrogen) atoms. The fraction of sp³-hybridized carbons (Fsp3) is 0.571. The molecule has 0 spiro atoms. The van der Waals surface area contributed by atoms with Crippen LogP contribution in [0.5, 0.6) is 0 Å². The normalized spacial score (nSPS) is 26.8. The second-order valence-corrected chi connectivity index (χ2v) is 6.33. The molecule has 0 unspecified atom stereocenters. The van der Waals surface area contributed by atoms with Crippen molar-refractivity contribution in [2.24, 2.45) is 0 Å². The first-order valence-corrected chi connectivity index (χ1v) is 8.59. The third-order valence-corrected chi connectivity index (χ3v) is 4.98. The minimum Gasteiger partial charge on any atom is -0.394 e. The zero-order valence-electron chi connectivity index (χ0n) is 11.2. The predicted molar refractivity (Wildman–Crippen MR) is 79.9 cm³/mol. The fourth-order valence-corrected chi connectivity index (χ4v) is 3.84. The van der Waals surface area contributed by atoms with Gasteiger partial charge in [0.25, 0.3) is 0 Å². The minimum absolute atomic E-state index is 0.00828. The van der Waals surface area contributed by atoms with Crippen LogP contribution in [0.25, 0.3) is 0 Å². The van der Waals surface area contributed by atoms with E-state index >= 15 is 0 Å². The first-order chi connectivity index (χ1) is 9.24. The minimum atomic E-state index is -0.175. The third kappa shape index (κ3) is 4.13. The number of ether oxygens (including phenoxy) is 2. The molecule has 0 saturated carbocycles. The lowest BCUT2D eigenvalue weighted by atomic mass is 10.1. The number of hydrogen-bond donors (Lipinski definition) is 1. The van der Waals surface area contributed by atoms with E-state index < -0.39 is 0 Å². The van der Waals surface area contributed by atoms with Crippen LogP contribution >= 0.6 is 23.5 Å². The second-order valence-electron chi connectivity index (χ2n) is 4.52. The quantitative estimate of drug-likeness (QED) is 0.646. The SMILES string of the molecule is CSc1ccccc1SCO[C@@H]1C[C@H](C)O[C@@H]1CO. The van der Waals surface area contributed by atoms with Gasteiger partial charge in [-0.15, -0.1) is 11.8 Å². The van der Waals surface area contributed by atoms with Crippen LogP contribution in [0.3, 0.4) is 0 Å². The lowest BCUT2D eigenvalue weighted by Gasteiger charge is -2.17. The van der Waals surface area contributed by atoms with E-state index in [-0.39, 0.29) is 24.9 Å². The molecule has 2 rings (SSSR count). The van der Waals surface area contributed by atoms with E-state index in [0.29, 0.717) is 5.94 Å². The zero-order valence-corrected chi connectivity index (χ0v) is 12.9. The first-order valence-electron chi connectivity index (χ1n) is 6.38. The van der Waals surface area contributed by atoms with Gasteiger partial charge in [0, 0.05) is 16.2 Å². The van der Waals surface area contributed by atoms with Crippen LogP contribution in [-0.4, -0.2) is 42.2 Å². The highest BCUT2D eigenvalue weighted by molar-refractivity contribution is 8.01. The summed E-state index contributed by atoms with van der Waals surface area (Å²) in [4.78, 5) is 2.51. The molecule has 3 atom stereocenters. The molecule has 5 heteroatoms. The lowest BCUT2D eigenvalue weighted by molar-refractivity contribution is -0.0334. The molecule has 1 aromatic rings. The molecule has 1 aliphatic heterocycles. The average molecular weight is 300 g/mol. The highest BCUT2D eigenvalue weighted by atomic mass is 32.2. The molecule has 1 heterocycles. The molecule has 0 amide bonds. The molecule has 106 valence electrons. The average Bonchev–Trinajstić information content (AvgIpc) is 2.79. The standard InChI is InChI=1S/C14H20O3S2/c1-10-7-11(12(8-15)17-10)16-9-19-14-6-4-3-5-13(14)18-2/h3-6,10-12,15H,7-9H2,1-2H3/t10-,11+,12+/m0/s1. The summed E-state index contributed by atoms with van der Waals surface area (Å²) in [6.07, 6.45) is 2.94. The van der Waals surface area contributed by atoms with E-state index in [0.717, 1.165) is 6.42 Å². The van der Waals surface area contributed by atoms with E-state index in [1.807, 2.05) is 19.1 Å². The number of hydrogen-bond acceptors (Lipinski definition) is 5. The van der Waals surface area contributed by atoms with Crippen LogP contribution in [0.15, 0.2) is 34.1 Å². The van der Waals surface area contributed by atoms with Crippen LogP contribution in [0, 0.1) is 0 Å². The largest absolute Gasteiger partial charge is 0.394 e. The van der Waals surface area contributed by atoms with Gasteiger partial charge in [-0.05, 0) is 25.3 Å². The molecule has 1 N–H and O–H groups in total. The van der Waals surface area contributed by atoms with Crippen molar-refractivity contribution in [2.45, 2.75) is 41.4 Å². The van der Waals surface area contributed by atoms with Gasteiger partial charge in [-0.3, -0.25) is 0 Å². The van der Waals surface area contributed by atoms with Crippen molar-refractivity contribution in [3.8, 4) is 0 Å². The van der Waals surface area contributed by atoms with Crippen molar-refractivity contribution in [2.75, 3.05) is 18.8 Å². The van der Waals surface area contributed by atoms with Crippen molar-refractivity contribution in [1.29, 1.82) is 0 Å². The maximum atomic E-state index is 9.24. The topological polar surface area (TPSA) is 38.7 Å². The fourth-order valence-electron chi connectivity index (χ4n) is 2.18. The van der Waals surface area contributed by atoms with Crippen molar-refractivity contribution >= 4 is 23.5 Å². The number of benzene rings is 1. The molecule has 0 aliphatic carbocycles. The monoisotopic (exact) mass is 300 g/mol. The van der Waals surface area contributed by atoms with Crippen LogP contribution in [0.2, 0.25) is 0 Å². The van der Waals surface area contributed by atoms with Crippen LogP contribution in [0.4, 0.5) is 0 Å². The highest BCUT2D eigenvalue weighted by Gasteiger charge is 2.33. The Morgan fingerprint density at radius 2 is 2.11 bits per heavy atom. The van der Waals surface area contributed by atoms with Gasteiger partial charge in [0.15, 0.2) is 0 Å². The summed E-state index contributed by atoms with van der Waals surface area (Å²) in [5.41, 5.74) is 0. The van der Waals surface area contributed by atoms with E-state index in [1.54, 1.807) is 23.5 Å². The number of aliphatic hydroxyl groups is 1. The Hall–Kier alpha value is -0.200. The summed E-state index contributed by atoms with van der Waals surface area (Å²) >= 11 is 3.43. The van der Waals surface area contributed by atoms with Crippen molar-refractivity contribution < 1.29 is 14.6 Å². The lowest BCUT2D eigenvalue weighted by Crippen LogP contribution is -2.27. The Morgan fingerprint density at radius 3 is 2.79 bits per heavy atom. The van der Waals surface area contributed by atoms with E-state index in [4.69, 9.17) is 9.47 Å². The summed E-state index contributed by atoms with van der Waals surface area (Å²) in [6, 6.07) is 8.31. The number of thioether (sulfide) groups is 2. The van der Waals surface area contributed by atoms with Crippen LogP contribution in [-0.2, 0) is 9.47 Å². The maximum absolute atomic E-state index is 9.24. The molecular weight excluding hydrogens is 280 g/mol. The maximum Gasteiger partial charge on any atom is 0.107 e. The Balaban J connectivity index is 1.83. The van der Waals surface area contributed by atoms with Crippen LogP contribution in [0.1, 0.15) is 13.3 Å². The molecule has 3 nitrogen and oxygen atoms in total.